The highest BCUT2D eigenvalue weighted by molar-refractivity contribution is 7.11. The van der Waals surface area contributed by atoms with E-state index < -0.39 is 0 Å². The van der Waals surface area contributed by atoms with Crippen LogP contribution in [0.3, 0.4) is 0 Å². The van der Waals surface area contributed by atoms with E-state index in [2.05, 4.69) is 17.2 Å². The van der Waals surface area contributed by atoms with E-state index >= 15 is 0 Å². The van der Waals surface area contributed by atoms with Crippen LogP contribution in [0, 0.1) is 5.92 Å². The zero-order chi connectivity index (χ0) is 11.2. The Kier molecular flexibility index (Phi) is 4.79. The fraction of sp³-hybridized carbons (Fsp3) is 0.769. The molecular formula is C13H22N2S. The van der Waals surface area contributed by atoms with E-state index in [-0.39, 0.29) is 0 Å². The molecule has 0 amide bonds. The fourth-order valence-electron chi connectivity index (χ4n) is 2.38. The zero-order valence-corrected chi connectivity index (χ0v) is 11.0. The van der Waals surface area contributed by atoms with Gasteiger partial charge in [0.25, 0.3) is 0 Å². The molecule has 0 radical (unpaired) electrons. The molecular weight excluding hydrogens is 216 g/mol. The highest BCUT2D eigenvalue weighted by atomic mass is 32.1. The molecule has 2 rings (SSSR count). The van der Waals surface area contributed by atoms with E-state index in [0.717, 1.165) is 18.9 Å². The van der Waals surface area contributed by atoms with E-state index in [9.17, 15) is 0 Å². The maximum absolute atomic E-state index is 4.38. The molecule has 16 heavy (non-hydrogen) atoms. The summed E-state index contributed by atoms with van der Waals surface area (Å²) in [6.45, 7) is 4.37. The summed E-state index contributed by atoms with van der Waals surface area (Å²) in [6, 6.07) is 0. The van der Waals surface area contributed by atoms with Gasteiger partial charge in [-0.15, -0.1) is 11.3 Å². The molecule has 1 N–H and O–H groups in total. The maximum Gasteiger partial charge on any atom is 0.0925 e. The van der Waals surface area contributed by atoms with E-state index in [1.54, 1.807) is 0 Å². The number of thiazole rings is 1. The Morgan fingerprint density at radius 2 is 2.19 bits per heavy atom. The molecule has 0 spiro atoms. The summed E-state index contributed by atoms with van der Waals surface area (Å²) in [7, 11) is 0. The molecule has 90 valence electrons. The number of hydrogen-bond donors (Lipinski definition) is 1. The van der Waals surface area contributed by atoms with Crippen molar-refractivity contribution in [2.24, 2.45) is 5.92 Å². The zero-order valence-electron chi connectivity index (χ0n) is 10.2. The van der Waals surface area contributed by atoms with Gasteiger partial charge in [-0.05, 0) is 31.7 Å². The van der Waals surface area contributed by atoms with Gasteiger partial charge in [-0.2, -0.15) is 0 Å². The van der Waals surface area contributed by atoms with Crippen LogP contribution >= 0.6 is 11.3 Å². The van der Waals surface area contributed by atoms with Gasteiger partial charge in [0.15, 0.2) is 0 Å². The molecule has 0 unspecified atom stereocenters. The van der Waals surface area contributed by atoms with Crippen LogP contribution in [0.4, 0.5) is 0 Å². The van der Waals surface area contributed by atoms with Crippen molar-refractivity contribution in [2.45, 2.75) is 52.0 Å². The van der Waals surface area contributed by atoms with Crippen LogP contribution in [0.15, 0.2) is 6.20 Å². The number of hydrogen-bond acceptors (Lipinski definition) is 3. The number of aromatic nitrogens is 1. The smallest absolute Gasteiger partial charge is 0.0925 e. The average molecular weight is 238 g/mol. The molecule has 0 saturated heterocycles. The normalized spacial score (nSPS) is 17.8. The van der Waals surface area contributed by atoms with Crippen molar-refractivity contribution in [3.8, 4) is 0 Å². The van der Waals surface area contributed by atoms with Crippen LogP contribution in [-0.2, 0) is 13.0 Å². The lowest BCUT2D eigenvalue weighted by atomic mass is 9.89. The largest absolute Gasteiger partial charge is 0.312 e. The molecule has 1 fully saturated rings. The van der Waals surface area contributed by atoms with Crippen LogP contribution in [0.2, 0.25) is 0 Å². The number of aryl methyl sites for hydroxylation is 1. The second-order valence-corrected chi connectivity index (χ2v) is 5.91. The third-order valence-electron chi connectivity index (χ3n) is 3.36. The van der Waals surface area contributed by atoms with Gasteiger partial charge in [0.05, 0.1) is 5.01 Å². The lowest BCUT2D eigenvalue weighted by Crippen LogP contribution is -2.23. The minimum Gasteiger partial charge on any atom is -0.312 e. The molecule has 1 aliphatic rings. The number of rotatable bonds is 5. The van der Waals surface area contributed by atoms with Crippen LogP contribution in [0.1, 0.15) is 48.9 Å². The third kappa shape index (κ3) is 3.56. The van der Waals surface area contributed by atoms with Gasteiger partial charge in [0.1, 0.15) is 0 Å². The van der Waals surface area contributed by atoms with Gasteiger partial charge < -0.3 is 5.32 Å². The molecule has 0 aromatic carbocycles. The maximum atomic E-state index is 4.38. The Labute approximate surface area is 102 Å². The fourth-order valence-corrected chi connectivity index (χ4v) is 3.22. The van der Waals surface area contributed by atoms with Gasteiger partial charge in [-0.3, -0.25) is 0 Å². The van der Waals surface area contributed by atoms with Gasteiger partial charge in [0, 0.05) is 17.6 Å². The van der Waals surface area contributed by atoms with Crippen LogP contribution < -0.4 is 5.32 Å². The van der Waals surface area contributed by atoms with Crippen molar-refractivity contribution in [3.05, 3.63) is 16.1 Å². The third-order valence-corrected chi connectivity index (χ3v) is 4.50. The minimum atomic E-state index is 0.923. The Hall–Kier alpha value is -0.410. The highest BCUT2D eigenvalue weighted by Gasteiger charge is 2.12. The second kappa shape index (κ2) is 6.36. The summed E-state index contributed by atoms with van der Waals surface area (Å²) >= 11 is 1.85. The first-order valence-electron chi connectivity index (χ1n) is 6.52. The van der Waals surface area contributed by atoms with Gasteiger partial charge in [-0.1, -0.05) is 26.2 Å². The standard InChI is InChI=1S/C13H22N2S/c1-2-13-15-10-12(16-13)9-14-8-11-6-4-3-5-7-11/h10-11,14H,2-9H2,1H3. The van der Waals surface area contributed by atoms with Crippen molar-refractivity contribution in [3.63, 3.8) is 0 Å². The van der Waals surface area contributed by atoms with E-state index in [0.29, 0.717) is 0 Å². The second-order valence-electron chi connectivity index (χ2n) is 4.71. The molecule has 1 heterocycles. The van der Waals surface area contributed by atoms with Crippen molar-refractivity contribution in [2.75, 3.05) is 6.54 Å². The van der Waals surface area contributed by atoms with Crippen molar-refractivity contribution in [1.29, 1.82) is 0 Å². The van der Waals surface area contributed by atoms with E-state index in [1.165, 1.54) is 48.5 Å². The van der Waals surface area contributed by atoms with E-state index in [1.807, 2.05) is 17.5 Å². The van der Waals surface area contributed by atoms with Crippen LogP contribution in [0.5, 0.6) is 0 Å². The molecule has 1 aromatic heterocycles. The van der Waals surface area contributed by atoms with Crippen molar-refractivity contribution < 1.29 is 0 Å². The Morgan fingerprint density at radius 3 is 2.88 bits per heavy atom. The lowest BCUT2D eigenvalue weighted by molar-refractivity contribution is 0.342. The van der Waals surface area contributed by atoms with Gasteiger partial charge in [0.2, 0.25) is 0 Å². The number of nitrogens with one attached hydrogen (secondary N) is 1. The summed E-state index contributed by atoms with van der Waals surface area (Å²) in [4.78, 5) is 5.76. The summed E-state index contributed by atoms with van der Waals surface area (Å²) < 4.78 is 0. The predicted octanol–water partition coefficient (Wildman–Crippen LogP) is 3.38. The molecule has 1 aliphatic carbocycles. The first-order valence-corrected chi connectivity index (χ1v) is 7.34. The average Bonchev–Trinajstić information content (AvgIpc) is 2.78. The predicted molar refractivity (Wildman–Crippen MR) is 69.8 cm³/mol. The first-order chi connectivity index (χ1) is 7.88. The number of nitrogens with zero attached hydrogens (tertiary/aromatic N) is 1. The molecule has 2 nitrogen and oxygen atoms in total. The highest BCUT2D eigenvalue weighted by Crippen LogP contribution is 2.23. The van der Waals surface area contributed by atoms with E-state index in [4.69, 9.17) is 0 Å². The summed E-state index contributed by atoms with van der Waals surface area (Å²) in [5, 5.41) is 4.84. The van der Waals surface area contributed by atoms with Crippen molar-refractivity contribution in [1.82, 2.24) is 10.3 Å². The molecule has 1 saturated carbocycles. The Morgan fingerprint density at radius 1 is 1.38 bits per heavy atom. The molecule has 0 atom stereocenters. The Bertz CT molecular complexity index is 303. The van der Waals surface area contributed by atoms with Crippen LogP contribution in [0.25, 0.3) is 0 Å². The van der Waals surface area contributed by atoms with Gasteiger partial charge in [-0.25, -0.2) is 4.98 Å². The topological polar surface area (TPSA) is 24.9 Å². The minimum absolute atomic E-state index is 0.923. The Balaban J connectivity index is 1.66. The SMILES string of the molecule is CCc1ncc(CNCC2CCCCC2)s1. The summed E-state index contributed by atoms with van der Waals surface area (Å²) in [5.74, 6) is 0.923. The van der Waals surface area contributed by atoms with Crippen molar-refractivity contribution >= 4 is 11.3 Å². The molecule has 0 aliphatic heterocycles. The lowest BCUT2D eigenvalue weighted by Gasteiger charge is -2.21. The molecule has 1 aromatic rings. The molecule has 3 heteroatoms. The molecule has 0 bridgehead atoms. The summed E-state index contributed by atoms with van der Waals surface area (Å²) in [6.07, 6.45) is 10.3. The first kappa shape index (κ1) is 12.1. The quantitative estimate of drug-likeness (QED) is 0.850. The van der Waals surface area contributed by atoms with Gasteiger partial charge >= 0.3 is 0 Å². The van der Waals surface area contributed by atoms with Crippen LogP contribution in [-0.4, -0.2) is 11.5 Å². The monoisotopic (exact) mass is 238 g/mol. The summed E-state index contributed by atoms with van der Waals surface area (Å²) in [5.41, 5.74) is 0.